The molecular formula is C57H35N5S. The Bertz CT molecular complexity index is 3900. The zero-order valence-electron chi connectivity index (χ0n) is 33.9. The summed E-state index contributed by atoms with van der Waals surface area (Å²) in [7, 11) is 0. The summed E-state index contributed by atoms with van der Waals surface area (Å²) >= 11 is 1.79. The number of nitrogens with zero attached hydrogens (tertiary/aromatic N) is 5. The minimum atomic E-state index is 0.572. The fourth-order valence-corrected chi connectivity index (χ4v) is 10.7. The summed E-state index contributed by atoms with van der Waals surface area (Å²) in [6.07, 6.45) is 0. The number of fused-ring (bicyclic) bond motifs is 9. The van der Waals surface area contributed by atoms with Crippen LogP contribution in [0.3, 0.4) is 0 Å². The second-order valence-corrected chi connectivity index (χ2v) is 17.0. The minimum absolute atomic E-state index is 0.572. The molecule has 0 bridgehead atoms. The molecule has 0 spiro atoms. The van der Waals surface area contributed by atoms with Crippen molar-refractivity contribution in [1.29, 1.82) is 0 Å². The molecule has 0 saturated carbocycles. The van der Waals surface area contributed by atoms with Gasteiger partial charge in [-0.15, -0.1) is 11.3 Å². The van der Waals surface area contributed by atoms with Gasteiger partial charge in [0.1, 0.15) is 0 Å². The van der Waals surface area contributed by atoms with Crippen molar-refractivity contribution in [2.75, 3.05) is 0 Å². The summed E-state index contributed by atoms with van der Waals surface area (Å²) in [4.78, 5) is 16.0. The topological polar surface area (TPSA) is 48.5 Å². The van der Waals surface area contributed by atoms with Gasteiger partial charge in [0.05, 0.1) is 27.8 Å². The van der Waals surface area contributed by atoms with E-state index in [1.807, 2.05) is 18.2 Å². The van der Waals surface area contributed by atoms with Crippen molar-refractivity contribution >= 4 is 75.1 Å². The second kappa shape index (κ2) is 14.2. The first kappa shape index (κ1) is 35.6. The summed E-state index contributed by atoms with van der Waals surface area (Å²) in [6.45, 7) is 0. The van der Waals surface area contributed by atoms with Crippen LogP contribution in [0.2, 0.25) is 0 Å². The van der Waals surface area contributed by atoms with Crippen molar-refractivity contribution in [1.82, 2.24) is 24.1 Å². The highest BCUT2D eigenvalue weighted by Crippen LogP contribution is 2.43. The van der Waals surface area contributed by atoms with E-state index < -0.39 is 0 Å². The average molecular weight is 822 g/mol. The normalized spacial score (nSPS) is 11.8. The Morgan fingerprint density at radius 3 is 1.62 bits per heavy atom. The van der Waals surface area contributed by atoms with E-state index in [2.05, 4.69) is 203 Å². The van der Waals surface area contributed by atoms with Crippen LogP contribution in [-0.4, -0.2) is 24.1 Å². The average Bonchev–Trinajstić information content (AvgIpc) is 4.01. The fourth-order valence-electron chi connectivity index (χ4n) is 9.52. The minimum Gasteiger partial charge on any atom is -0.309 e. The van der Waals surface area contributed by atoms with Gasteiger partial charge in [-0.25, -0.2) is 4.98 Å². The zero-order valence-corrected chi connectivity index (χ0v) is 34.7. The van der Waals surface area contributed by atoms with Gasteiger partial charge in [-0.3, -0.25) is 4.57 Å². The summed E-state index contributed by atoms with van der Waals surface area (Å²) in [5.41, 5.74) is 12.0. The summed E-state index contributed by atoms with van der Waals surface area (Å²) in [6, 6.07) is 75.7. The predicted molar refractivity (Wildman–Crippen MR) is 263 cm³/mol. The molecule has 0 fully saturated rings. The van der Waals surface area contributed by atoms with E-state index in [1.54, 1.807) is 11.3 Å². The van der Waals surface area contributed by atoms with Crippen molar-refractivity contribution in [3.63, 3.8) is 0 Å². The van der Waals surface area contributed by atoms with Crippen LogP contribution in [0.15, 0.2) is 212 Å². The van der Waals surface area contributed by atoms with Crippen molar-refractivity contribution in [3.8, 4) is 56.7 Å². The van der Waals surface area contributed by atoms with Gasteiger partial charge in [0.25, 0.3) is 0 Å². The number of rotatable bonds is 6. The van der Waals surface area contributed by atoms with Gasteiger partial charge in [0.2, 0.25) is 5.95 Å². The molecule has 0 unspecified atom stereocenters. The molecular weight excluding hydrogens is 787 g/mol. The van der Waals surface area contributed by atoms with Crippen LogP contribution in [0.4, 0.5) is 0 Å². The third kappa shape index (κ3) is 5.66. The Morgan fingerprint density at radius 1 is 0.317 bits per heavy atom. The lowest BCUT2D eigenvalue weighted by atomic mass is 9.97. The highest BCUT2D eigenvalue weighted by Gasteiger charge is 2.23. The van der Waals surface area contributed by atoms with Gasteiger partial charge in [-0.2, -0.15) is 9.97 Å². The summed E-state index contributed by atoms with van der Waals surface area (Å²) in [5.74, 6) is 1.84. The van der Waals surface area contributed by atoms with Crippen LogP contribution in [0.1, 0.15) is 0 Å². The molecule has 0 atom stereocenters. The molecule has 0 aliphatic carbocycles. The maximum Gasteiger partial charge on any atom is 0.238 e. The first-order chi connectivity index (χ1) is 31.2. The van der Waals surface area contributed by atoms with Gasteiger partial charge < -0.3 is 4.57 Å². The van der Waals surface area contributed by atoms with Gasteiger partial charge >= 0.3 is 0 Å². The maximum absolute atomic E-state index is 5.43. The molecule has 0 aliphatic heterocycles. The van der Waals surface area contributed by atoms with Gasteiger partial charge in [-0.05, 0) is 65.2 Å². The molecule has 6 heteroatoms. The molecule has 294 valence electrons. The highest BCUT2D eigenvalue weighted by atomic mass is 32.1. The van der Waals surface area contributed by atoms with Crippen molar-refractivity contribution in [3.05, 3.63) is 212 Å². The van der Waals surface area contributed by atoms with Gasteiger partial charge in [-0.1, -0.05) is 164 Å². The third-order valence-electron chi connectivity index (χ3n) is 12.4. The first-order valence-electron chi connectivity index (χ1n) is 21.2. The number of hydrogen-bond acceptors (Lipinski definition) is 4. The lowest BCUT2D eigenvalue weighted by Crippen LogP contribution is -2.06. The molecule has 4 heterocycles. The van der Waals surface area contributed by atoms with Crippen LogP contribution in [0.25, 0.3) is 120 Å². The van der Waals surface area contributed by atoms with Crippen LogP contribution in [0.5, 0.6) is 0 Å². The number of benzene rings is 9. The number of thiophene rings is 1. The fraction of sp³-hybridized carbons (Fsp3) is 0. The number of para-hydroxylation sites is 2. The molecule has 0 saturated heterocycles. The van der Waals surface area contributed by atoms with E-state index in [0.29, 0.717) is 17.6 Å². The highest BCUT2D eigenvalue weighted by molar-refractivity contribution is 7.26. The molecule has 13 aromatic rings. The quantitative estimate of drug-likeness (QED) is 0.168. The van der Waals surface area contributed by atoms with Crippen LogP contribution in [-0.2, 0) is 0 Å². The van der Waals surface area contributed by atoms with Crippen LogP contribution >= 0.6 is 11.3 Å². The smallest absolute Gasteiger partial charge is 0.238 e. The second-order valence-electron chi connectivity index (χ2n) is 16.0. The molecule has 0 N–H and O–H groups in total. The standard InChI is InChI=1S/C57H35N5S/c1-4-17-36(18-5-1)39-31-32-50(45(33-39)37-19-6-2-7-20-37)61-48-28-13-10-23-40(48)46-34-47-41-24-11-14-29-49(41)62(52(47)35-51(46)61)57-59-55(38-21-8-3-9-22-38)58-56(60-57)44-27-16-26-43-42-25-12-15-30-53(42)63-54(43)44/h1-35H. The zero-order chi connectivity index (χ0) is 41.4. The molecule has 0 radical (unpaired) electrons. The lowest BCUT2D eigenvalue weighted by Gasteiger charge is -2.16. The Balaban J connectivity index is 1.11. The molecule has 13 rings (SSSR count). The summed E-state index contributed by atoms with van der Waals surface area (Å²) < 4.78 is 7.09. The van der Waals surface area contributed by atoms with E-state index in [4.69, 9.17) is 15.0 Å². The van der Waals surface area contributed by atoms with E-state index in [0.717, 1.165) is 65.5 Å². The Kier molecular flexibility index (Phi) is 8.01. The third-order valence-corrected chi connectivity index (χ3v) is 13.6. The van der Waals surface area contributed by atoms with Crippen LogP contribution < -0.4 is 0 Å². The van der Waals surface area contributed by atoms with Crippen molar-refractivity contribution in [2.24, 2.45) is 0 Å². The predicted octanol–water partition coefficient (Wildman–Crippen LogP) is 15.1. The molecule has 9 aromatic carbocycles. The summed E-state index contributed by atoms with van der Waals surface area (Å²) in [5, 5.41) is 7.10. The number of aromatic nitrogens is 5. The van der Waals surface area contributed by atoms with E-state index in [-0.39, 0.29) is 0 Å². The largest absolute Gasteiger partial charge is 0.309 e. The van der Waals surface area contributed by atoms with Crippen LogP contribution in [0, 0.1) is 0 Å². The molecule has 0 amide bonds. The molecule has 0 aliphatic rings. The first-order valence-corrected chi connectivity index (χ1v) is 22.0. The van der Waals surface area contributed by atoms with Crippen molar-refractivity contribution < 1.29 is 0 Å². The Morgan fingerprint density at radius 2 is 0.889 bits per heavy atom. The Hall–Kier alpha value is -8.19. The molecule has 5 nitrogen and oxygen atoms in total. The molecule has 4 aromatic heterocycles. The van der Waals surface area contributed by atoms with E-state index >= 15 is 0 Å². The Labute approximate surface area is 366 Å². The monoisotopic (exact) mass is 821 g/mol. The molecule has 63 heavy (non-hydrogen) atoms. The van der Waals surface area contributed by atoms with Gasteiger partial charge in [0.15, 0.2) is 11.6 Å². The number of hydrogen-bond donors (Lipinski definition) is 0. The maximum atomic E-state index is 5.43. The van der Waals surface area contributed by atoms with E-state index in [9.17, 15) is 0 Å². The van der Waals surface area contributed by atoms with Crippen molar-refractivity contribution in [2.45, 2.75) is 0 Å². The van der Waals surface area contributed by atoms with Gasteiger partial charge in [0, 0.05) is 58.4 Å². The lowest BCUT2D eigenvalue weighted by molar-refractivity contribution is 0.954. The van der Waals surface area contributed by atoms with E-state index in [1.165, 1.54) is 37.4 Å². The SMILES string of the molecule is c1ccc(-c2ccc(-n3c4ccccc4c4cc5c6ccccc6n(-c6nc(-c7ccccc7)nc(-c7cccc8c7sc7ccccc78)n6)c5cc43)c(-c3ccccc3)c2)cc1.